The van der Waals surface area contributed by atoms with Crippen LogP contribution in [-0.2, 0) is 6.18 Å². The van der Waals surface area contributed by atoms with Gasteiger partial charge in [-0.25, -0.2) is 0 Å². The Labute approximate surface area is 106 Å². The van der Waals surface area contributed by atoms with Gasteiger partial charge in [0.2, 0.25) is 0 Å². The normalized spacial score (nSPS) is 18.4. The van der Waals surface area contributed by atoms with Gasteiger partial charge in [-0.1, -0.05) is 0 Å². The molecule has 4 nitrogen and oxygen atoms in total. The van der Waals surface area contributed by atoms with Gasteiger partial charge in [0.25, 0.3) is 5.91 Å². The van der Waals surface area contributed by atoms with Gasteiger partial charge in [0.1, 0.15) is 6.04 Å². The van der Waals surface area contributed by atoms with E-state index in [4.69, 9.17) is 10.4 Å². The van der Waals surface area contributed by atoms with Gasteiger partial charge in [0.15, 0.2) is 0 Å². The van der Waals surface area contributed by atoms with Crippen molar-refractivity contribution in [3.63, 3.8) is 0 Å². The number of aliphatic hydroxyl groups is 1. The van der Waals surface area contributed by atoms with Gasteiger partial charge in [-0.2, -0.15) is 18.4 Å². The van der Waals surface area contributed by atoms with Crippen molar-refractivity contribution in [2.24, 2.45) is 0 Å². The van der Waals surface area contributed by atoms with Crippen LogP contribution >= 0.6 is 0 Å². The number of fused-ring (bicyclic) bond motifs is 1. The molecule has 0 spiro atoms. The smallest absolute Gasteiger partial charge is 0.395 e. The molecule has 0 aliphatic carbocycles. The molecule has 0 aromatic heterocycles. The highest BCUT2D eigenvalue weighted by molar-refractivity contribution is 5.99. The number of carbonyl (C=O) groups excluding carboxylic acids is 1. The molecule has 1 aromatic rings. The third kappa shape index (κ3) is 2.15. The Morgan fingerprint density at radius 2 is 2.11 bits per heavy atom. The van der Waals surface area contributed by atoms with Crippen molar-refractivity contribution in [1.82, 2.24) is 4.90 Å². The minimum absolute atomic E-state index is 0.0378. The average Bonchev–Trinajstić information content (AvgIpc) is 2.61. The lowest BCUT2D eigenvalue weighted by Gasteiger charge is -2.18. The van der Waals surface area contributed by atoms with Gasteiger partial charge >= 0.3 is 6.18 Å². The van der Waals surface area contributed by atoms with Crippen molar-refractivity contribution in [3.8, 4) is 6.07 Å². The second kappa shape index (κ2) is 4.55. The Morgan fingerprint density at radius 3 is 2.63 bits per heavy atom. The molecule has 0 saturated heterocycles. The predicted molar refractivity (Wildman–Crippen MR) is 57.9 cm³/mol. The SMILES string of the molecule is N#CC1c2cc(C(F)(F)F)ccc2C(=O)N1CCO. The summed E-state index contributed by atoms with van der Waals surface area (Å²) in [5.41, 5.74) is -0.783. The minimum Gasteiger partial charge on any atom is -0.395 e. The molecule has 1 amide bonds. The first-order valence-corrected chi connectivity index (χ1v) is 5.42. The number of halogens is 3. The van der Waals surface area contributed by atoms with E-state index in [1.807, 2.05) is 0 Å². The Morgan fingerprint density at radius 1 is 1.42 bits per heavy atom. The minimum atomic E-state index is -4.53. The molecular formula is C12H9F3N2O2. The number of benzene rings is 1. The number of amides is 1. The molecule has 1 N–H and O–H groups in total. The highest BCUT2D eigenvalue weighted by Gasteiger charge is 2.39. The molecule has 0 bridgehead atoms. The van der Waals surface area contributed by atoms with Crippen LogP contribution in [0.3, 0.4) is 0 Å². The predicted octanol–water partition coefficient (Wildman–Crippen LogP) is 1.72. The van der Waals surface area contributed by atoms with Gasteiger partial charge in [-0.15, -0.1) is 0 Å². The summed E-state index contributed by atoms with van der Waals surface area (Å²) in [5.74, 6) is -0.538. The Balaban J connectivity index is 2.50. The standard InChI is InChI=1S/C12H9F3N2O2/c13-12(14,15)7-1-2-8-9(5-7)10(6-16)17(3-4-18)11(8)19/h1-2,5,10,18H,3-4H2. The zero-order chi connectivity index (χ0) is 14.2. The quantitative estimate of drug-likeness (QED) is 0.889. The van der Waals surface area contributed by atoms with Gasteiger partial charge in [0.05, 0.1) is 18.2 Å². The Kier molecular flexibility index (Phi) is 3.20. The van der Waals surface area contributed by atoms with E-state index in [0.29, 0.717) is 0 Å². The largest absolute Gasteiger partial charge is 0.416 e. The summed E-state index contributed by atoms with van der Waals surface area (Å²) >= 11 is 0. The molecule has 1 unspecified atom stereocenters. The van der Waals surface area contributed by atoms with Gasteiger partial charge in [-0.05, 0) is 18.2 Å². The van der Waals surface area contributed by atoms with E-state index >= 15 is 0 Å². The third-order valence-corrected chi connectivity index (χ3v) is 2.94. The van der Waals surface area contributed by atoms with Crippen molar-refractivity contribution in [2.45, 2.75) is 12.2 Å². The molecule has 0 radical (unpaired) electrons. The molecule has 2 rings (SSSR count). The highest BCUT2D eigenvalue weighted by Crippen LogP contribution is 2.37. The molecule has 1 aromatic carbocycles. The van der Waals surface area contributed by atoms with E-state index in [0.717, 1.165) is 23.1 Å². The van der Waals surface area contributed by atoms with Crippen LogP contribution in [0, 0.1) is 11.3 Å². The fourth-order valence-electron chi connectivity index (χ4n) is 2.08. The number of alkyl halides is 3. The molecule has 0 saturated carbocycles. The lowest BCUT2D eigenvalue weighted by atomic mass is 10.0. The summed E-state index contributed by atoms with van der Waals surface area (Å²) in [6.45, 7) is -0.447. The van der Waals surface area contributed by atoms with E-state index in [1.165, 1.54) is 0 Å². The van der Waals surface area contributed by atoms with Crippen molar-refractivity contribution in [2.75, 3.05) is 13.2 Å². The first-order chi connectivity index (χ1) is 8.90. The summed E-state index contributed by atoms with van der Waals surface area (Å²) in [5, 5.41) is 17.9. The van der Waals surface area contributed by atoms with Crippen molar-refractivity contribution in [3.05, 3.63) is 34.9 Å². The van der Waals surface area contributed by atoms with Gasteiger partial charge in [0, 0.05) is 17.7 Å². The summed E-state index contributed by atoms with van der Waals surface area (Å²) in [4.78, 5) is 13.0. The number of nitriles is 1. The second-order valence-corrected chi connectivity index (χ2v) is 4.05. The molecule has 19 heavy (non-hydrogen) atoms. The third-order valence-electron chi connectivity index (χ3n) is 2.94. The van der Waals surface area contributed by atoms with E-state index < -0.39 is 23.7 Å². The van der Waals surface area contributed by atoms with Crippen LogP contribution in [0.4, 0.5) is 13.2 Å². The van der Waals surface area contributed by atoms with Crippen LogP contribution in [0.25, 0.3) is 0 Å². The van der Waals surface area contributed by atoms with Crippen LogP contribution in [0.2, 0.25) is 0 Å². The Hall–Kier alpha value is -2.07. The lowest BCUT2D eigenvalue weighted by molar-refractivity contribution is -0.137. The molecule has 1 heterocycles. The number of nitrogens with zero attached hydrogens (tertiary/aromatic N) is 2. The van der Waals surface area contributed by atoms with E-state index in [9.17, 15) is 18.0 Å². The Bertz CT molecular complexity index is 563. The first kappa shape index (κ1) is 13.4. The molecule has 0 fully saturated rings. The van der Waals surface area contributed by atoms with E-state index in [2.05, 4.69) is 0 Å². The molecule has 100 valence electrons. The van der Waals surface area contributed by atoms with E-state index in [-0.39, 0.29) is 24.3 Å². The summed E-state index contributed by atoms with van der Waals surface area (Å²) < 4.78 is 37.8. The topological polar surface area (TPSA) is 64.3 Å². The molecule has 7 heteroatoms. The summed E-state index contributed by atoms with van der Waals surface area (Å²) in [6.07, 6.45) is -4.53. The summed E-state index contributed by atoms with van der Waals surface area (Å²) in [7, 11) is 0. The fourth-order valence-corrected chi connectivity index (χ4v) is 2.08. The number of hydrogen-bond donors (Lipinski definition) is 1. The number of aliphatic hydroxyl groups excluding tert-OH is 1. The zero-order valence-corrected chi connectivity index (χ0v) is 9.61. The van der Waals surface area contributed by atoms with Crippen LogP contribution < -0.4 is 0 Å². The summed E-state index contributed by atoms with van der Waals surface area (Å²) in [6, 6.07) is 3.41. The van der Waals surface area contributed by atoms with E-state index in [1.54, 1.807) is 6.07 Å². The molecular weight excluding hydrogens is 261 g/mol. The van der Waals surface area contributed by atoms with Crippen LogP contribution in [-0.4, -0.2) is 29.1 Å². The number of carbonyl (C=O) groups is 1. The molecule has 1 aliphatic rings. The lowest BCUT2D eigenvalue weighted by Crippen LogP contribution is -2.30. The van der Waals surface area contributed by atoms with Crippen molar-refractivity contribution >= 4 is 5.91 Å². The maximum Gasteiger partial charge on any atom is 0.416 e. The highest BCUT2D eigenvalue weighted by atomic mass is 19.4. The average molecular weight is 270 g/mol. The van der Waals surface area contributed by atoms with Crippen LogP contribution in [0.1, 0.15) is 27.5 Å². The van der Waals surface area contributed by atoms with Crippen LogP contribution in [0.5, 0.6) is 0 Å². The van der Waals surface area contributed by atoms with Crippen molar-refractivity contribution < 1.29 is 23.1 Å². The monoisotopic (exact) mass is 270 g/mol. The first-order valence-electron chi connectivity index (χ1n) is 5.42. The van der Waals surface area contributed by atoms with Gasteiger partial charge in [-0.3, -0.25) is 4.79 Å². The van der Waals surface area contributed by atoms with Crippen LogP contribution in [0.15, 0.2) is 18.2 Å². The molecule has 1 aliphatic heterocycles. The number of hydrogen-bond acceptors (Lipinski definition) is 3. The van der Waals surface area contributed by atoms with Gasteiger partial charge < -0.3 is 10.0 Å². The molecule has 1 atom stereocenters. The number of rotatable bonds is 2. The second-order valence-electron chi connectivity index (χ2n) is 4.05. The van der Waals surface area contributed by atoms with Crippen molar-refractivity contribution in [1.29, 1.82) is 5.26 Å². The number of β-amino-alcohol motifs (C(OH)–C–C–N with tert-alkyl or cyclic N) is 1. The zero-order valence-electron chi connectivity index (χ0n) is 9.61. The maximum absolute atomic E-state index is 12.6. The maximum atomic E-state index is 12.6. The fraction of sp³-hybridized carbons (Fsp3) is 0.333.